The number of aliphatic hydroxyl groups excluding tert-OH is 1. The number of phenols is 2. The molecule has 1 aromatic carbocycles. The Bertz CT molecular complexity index is 433. The fourth-order valence-corrected chi connectivity index (χ4v) is 1.27. The van der Waals surface area contributed by atoms with E-state index in [9.17, 15) is 15.0 Å². The van der Waals surface area contributed by atoms with Crippen molar-refractivity contribution in [2.45, 2.75) is 11.8 Å². The number of carbonyl (C=O) groups is 1. The van der Waals surface area contributed by atoms with Crippen LogP contribution in [0.5, 0.6) is 11.5 Å². The minimum atomic E-state index is -2.14. The summed E-state index contributed by atoms with van der Waals surface area (Å²) in [6.07, 6.45) is -1.58. The van der Waals surface area contributed by atoms with E-state index < -0.39 is 23.5 Å². The van der Waals surface area contributed by atoms with Gasteiger partial charge in [-0.3, -0.25) is 0 Å². The SMILES string of the molecule is COC(=O)C(N)(N)C(O)c1ccc(O)c(O)c1. The molecule has 0 saturated heterocycles. The van der Waals surface area contributed by atoms with Gasteiger partial charge in [-0.2, -0.15) is 0 Å². The Morgan fingerprint density at radius 2 is 1.94 bits per heavy atom. The summed E-state index contributed by atoms with van der Waals surface area (Å²) in [6.45, 7) is 0. The second kappa shape index (κ2) is 4.58. The number of hydrogen-bond donors (Lipinski definition) is 5. The van der Waals surface area contributed by atoms with Crippen LogP contribution < -0.4 is 11.5 Å². The van der Waals surface area contributed by atoms with Crippen molar-refractivity contribution < 1.29 is 24.9 Å². The molecule has 0 amide bonds. The molecular formula is C10H14N2O5. The predicted octanol–water partition coefficient (Wildman–Crippen LogP) is -1.08. The smallest absolute Gasteiger partial charge is 0.343 e. The summed E-state index contributed by atoms with van der Waals surface area (Å²) in [5.74, 6) is -1.82. The fourth-order valence-electron chi connectivity index (χ4n) is 1.27. The zero-order valence-electron chi connectivity index (χ0n) is 9.12. The Hall–Kier alpha value is -1.83. The third-order valence-corrected chi connectivity index (χ3v) is 2.31. The molecule has 0 heterocycles. The normalized spacial score (nSPS) is 13.2. The molecule has 1 atom stereocenters. The van der Waals surface area contributed by atoms with Crippen molar-refractivity contribution in [2.24, 2.45) is 11.5 Å². The van der Waals surface area contributed by atoms with Gasteiger partial charge < -0.3 is 31.5 Å². The number of hydrogen-bond acceptors (Lipinski definition) is 7. The van der Waals surface area contributed by atoms with Gasteiger partial charge in [-0.1, -0.05) is 6.07 Å². The predicted molar refractivity (Wildman–Crippen MR) is 57.9 cm³/mol. The fraction of sp³-hybridized carbons (Fsp3) is 0.300. The third-order valence-electron chi connectivity index (χ3n) is 2.31. The molecule has 0 fully saturated rings. The lowest BCUT2D eigenvalue weighted by molar-refractivity contribution is -0.151. The molecule has 1 aromatic rings. The molecule has 0 aliphatic carbocycles. The summed E-state index contributed by atoms with van der Waals surface area (Å²) in [4.78, 5) is 11.3. The van der Waals surface area contributed by atoms with Gasteiger partial charge in [-0.25, -0.2) is 4.79 Å². The van der Waals surface area contributed by atoms with Gasteiger partial charge in [0, 0.05) is 0 Å². The Morgan fingerprint density at radius 3 is 2.41 bits per heavy atom. The number of aromatic hydroxyl groups is 2. The molecule has 0 saturated carbocycles. The Kier molecular flexibility index (Phi) is 3.56. The zero-order chi connectivity index (χ0) is 13.2. The van der Waals surface area contributed by atoms with Crippen molar-refractivity contribution in [1.29, 1.82) is 0 Å². The molecule has 1 unspecified atom stereocenters. The van der Waals surface area contributed by atoms with Crippen molar-refractivity contribution in [3.8, 4) is 11.5 Å². The Labute approximate surface area is 97.2 Å². The highest BCUT2D eigenvalue weighted by Gasteiger charge is 2.39. The highest BCUT2D eigenvalue weighted by atomic mass is 16.5. The molecule has 0 aromatic heterocycles. The third kappa shape index (κ3) is 2.47. The van der Waals surface area contributed by atoms with E-state index in [1.54, 1.807) is 0 Å². The van der Waals surface area contributed by atoms with Crippen LogP contribution in [0.25, 0.3) is 0 Å². The monoisotopic (exact) mass is 242 g/mol. The lowest BCUT2D eigenvalue weighted by Crippen LogP contribution is -2.61. The van der Waals surface area contributed by atoms with E-state index in [0.29, 0.717) is 0 Å². The Balaban J connectivity index is 3.07. The van der Waals surface area contributed by atoms with Crippen molar-refractivity contribution in [3.05, 3.63) is 23.8 Å². The van der Waals surface area contributed by atoms with Gasteiger partial charge in [-0.15, -0.1) is 0 Å². The quantitative estimate of drug-likeness (QED) is 0.258. The van der Waals surface area contributed by atoms with Crippen molar-refractivity contribution in [1.82, 2.24) is 0 Å². The largest absolute Gasteiger partial charge is 0.504 e. The van der Waals surface area contributed by atoms with Gasteiger partial charge in [0.25, 0.3) is 0 Å². The first-order chi connectivity index (χ1) is 7.80. The summed E-state index contributed by atoms with van der Waals surface area (Å²) in [5.41, 5.74) is 8.83. The number of esters is 1. The molecule has 0 aliphatic rings. The first kappa shape index (κ1) is 13.2. The van der Waals surface area contributed by atoms with Crippen LogP contribution in [0.4, 0.5) is 0 Å². The van der Waals surface area contributed by atoms with E-state index in [-0.39, 0.29) is 11.3 Å². The van der Waals surface area contributed by atoms with Crippen molar-refractivity contribution >= 4 is 5.97 Å². The molecule has 7 N–H and O–H groups in total. The minimum Gasteiger partial charge on any atom is -0.504 e. The van der Waals surface area contributed by atoms with Gasteiger partial charge in [0.2, 0.25) is 0 Å². The molecule has 0 spiro atoms. The number of nitrogens with two attached hydrogens (primary N) is 2. The van der Waals surface area contributed by atoms with Crippen molar-refractivity contribution in [3.63, 3.8) is 0 Å². The van der Waals surface area contributed by atoms with E-state index in [0.717, 1.165) is 19.2 Å². The summed E-state index contributed by atoms with van der Waals surface area (Å²) in [5, 5.41) is 28.2. The van der Waals surface area contributed by atoms with E-state index in [2.05, 4.69) is 4.74 Å². The average Bonchev–Trinajstić information content (AvgIpc) is 2.30. The average molecular weight is 242 g/mol. The van der Waals surface area contributed by atoms with Crippen molar-refractivity contribution in [2.75, 3.05) is 7.11 Å². The number of aliphatic hydroxyl groups is 1. The minimum absolute atomic E-state index is 0.0794. The molecule has 0 bridgehead atoms. The summed E-state index contributed by atoms with van der Waals surface area (Å²) in [7, 11) is 1.08. The molecular weight excluding hydrogens is 228 g/mol. The summed E-state index contributed by atoms with van der Waals surface area (Å²) in [6, 6.07) is 3.47. The standard InChI is InChI=1S/C10H14N2O5/c1-17-9(16)10(11,12)8(15)5-2-3-6(13)7(14)4-5/h2-4,8,13-15H,11-12H2,1H3. The maximum Gasteiger partial charge on any atom is 0.343 e. The summed E-state index contributed by atoms with van der Waals surface area (Å²) < 4.78 is 4.35. The molecule has 94 valence electrons. The second-order valence-corrected chi connectivity index (χ2v) is 3.58. The molecule has 0 radical (unpaired) electrons. The first-order valence-electron chi connectivity index (χ1n) is 4.66. The lowest BCUT2D eigenvalue weighted by Gasteiger charge is -2.27. The van der Waals surface area contributed by atoms with Gasteiger partial charge in [0.1, 0.15) is 6.10 Å². The maximum atomic E-state index is 11.3. The van der Waals surface area contributed by atoms with Gasteiger partial charge in [0.05, 0.1) is 7.11 Å². The van der Waals surface area contributed by atoms with Crippen LogP contribution in [-0.4, -0.2) is 34.1 Å². The molecule has 7 nitrogen and oxygen atoms in total. The van der Waals surface area contributed by atoms with Crippen LogP contribution in [0.3, 0.4) is 0 Å². The van der Waals surface area contributed by atoms with Gasteiger partial charge >= 0.3 is 5.97 Å². The Morgan fingerprint density at radius 1 is 1.35 bits per heavy atom. The maximum absolute atomic E-state index is 11.3. The van der Waals surface area contributed by atoms with Crippen LogP contribution in [0.2, 0.25) is 0 Å². The molecule has 1 rings (SSSR count). The van der Waals surface area contributed by atoms with Crippen LogP contribution in [0.1, 0.15) is 11.7 Å². The van der Waals surface area contributed by atoms with E-state index in [1.165, 1.54) is 6.07 Å². The highest BCUT2D eigenvalue weighted by Crippen LogP contribution is 2.30. The molecule has 17 heavy (non-hydrogen) atoms. The number of rotatable bonds is 3. The van der Waals surface area contributed by atoms with Gasteiger partial charge in [0.15, 0.2) is 17.2 Å². The summed E-state index contributed by atoms with van der Waals surface area (Å²) >= 11 is 0. The van der Waals surface area contributed by atoms with Gasteiger partial charge in [-0.05, 0) is 17.7 Å². The van der Waals surface area contributed by atoms with E-state index in [1.807, 2.05) is 0 Å². The van der Waals surface area contributed by atoms with Crippen LogP contribution in [0.15, 0.2) is 18.2 Å². The first-order valence-corrected chi connectivity index (χ1v) is 4.66. The highest BCUT2D eigenvalue weighted by molar-refractivity contribution is 5.80. The van der Waals surface area contributed by atoms with Crippen LogP contribution in [-0.2, 0) is 9.53 Å². The van der Waals surface area contributed by atoms with Crippen LogP contribution >= 0.6 is 0 Å². The number of carbonyl (C=O) groups excluding carboxylic acids is 1. The zero-order valence-corrected chi connectivity index (χ0v) is 9.12. The number of methoxy groups -OCH3 is 1. The second-order valence-electron chi connectivity index (χ2n) is 3.58. The number of benzene rings is 1. The molecule has 0 aliphatic heterocycles. The number of phenolic OH excluding ortho intramolecular Hbond substituents is 2. The van der Waals surface area contributed by atoms with E-state index in [4.69, 9.17) is 16.6 Å². The van der Waals surface area contributed by atoms with Crippen LogP contribution in [0, 0.1) is 0 Å². The number of ether oxygens (including phenoxy) is 1. The lowest BCUT2D eigenvalue weighted by atomic mass is 9.97. The molecule has 7 heteroatoms. The van der Waals surface area contributed by atoms with E-state index >= 15 is 0 Å². The topological polar surface area (TPSA) is 139 Å².